The van der Waals surface area contributed by atoms with Crippen LogP contribution in [0.3, 0.4) is 0 Å². The van der Waals surface area contributed by atoms with Gasteiger partial charge >= 0.3 is 6.18 Å². The smallest absolute Gasteiger partial charge is 0.416 e. The summed E-state index contributed by atoms with van der Waals surface area (Å²) in [5.74, 6) is 1.28. The summed E-state index contributed by atoms with van der Waals surface area (Å²) in [5, 5.41) is 3.37. The normalized spacial score (nSPS) is 19.0. The Labute approximate surface area is 176 Å². The summed E-state index contributed by atoms with van der Waals surface area (Å²) >= 11 is 0. The Balaban J connectivity index is 1.44. The predicted octanol–water partition coefficient (Wildman–Crippen LogP) is 6.80. The molecule has 0 bridgehead atoms. The number of nitrogens with one attached hydrogen (secondary N) is 1. The molecule has 2 nitrogen and oxygen atoms in total. The van der Waals surface area contributed by atoms with Gasteiger partial charge in [-0.15, -0.1) is 0 Å². The summed E-state index contributed by atoms with van der Waals surface area (Å²) in [6.45, 7) is 2.23. The molecule has 2 aromatic carbocycles. The first-order valence-corrected chi connectivity index (χ1v) is 11.1. The van der Waals surface area contributed by atoms with E-state index in [0.717, 1.165) is 58.0 Å². The molecule has 30 heavy (non-hydrogen) atoms. The third kappa shape index (κ3) is 5.18. The molecule has 0 amide bonds. The van der Waals surface area contributed by atoms with Crippen molar-refractivity contribution in [1.82, 2.24) is 5.32 Å². The molecule has 1 heterocycles. The van der Waals surface area contributed by atoms with Gasteiger partial charge in [0.25, 0.3) is 0 Å². The second-order valence-corrected chi connectivity index (χ2v) is 8.64. The number of ether oxygens (including phenoxy) is 1. The van der Waals surface area contributed by atoms with Gasteiger partial charge in [0.05, 0.1) is 5.56 Å². The third-order valence-corrected chi connectivity index (χ3v) is 6.56. The monoisotopic (exact) mass is 417 g/mol. The highest BCUT2D eigenvalue weighted by Gasteiger charge is 2.35. The lowest BCUT2D eigenvalue weighted by atomic mass is 9.81. The molecule has 5 heteroatoms. The first-order chi connectivity index (χ1) is 14.5. The van der Waals surface area contributed by atoms with Crippen molar-refractivity contribution < 1.29 is 17.9 Å². The molecule has 4 rings (SSSR count). The molecule has 0 spiro atoms. The van der Waals surface area contributed by atoms with Crippen molar-refractivity contribution in [3.05, 3.63) is 64.7 Å². The molecule has 1 N–H and O–H groups in total. The summed E-state index contributed by atoms with van der Waals surface area (Å²) < 4.78 is 47.0. The lowest BCUT2D eigenvalue weighted by Gasteiger charge is -2.25. The molecule has 2 aromatic rings. The molecule has 1 saturated heterocycles. The fourth-order valence-corrected chi connectivity index (χ4v) is 4.87. The van der Waals surface area contributed by atoms with Crippen molar-refractivity contribution in [2.45, 2.75) is 69.6 Å². The molecule has 0 unspecified atom stereocenters. The van der Waals surface area contributed by atoms with E-state index in [-0.39, 0.29) is 12.5 Å². The number of halogens is 3. The van der Waals surface area contributed by atoms with Gasteiger partial charge in [0, 0.05) is 0 Å². The highest BCUT2D eigenvalue weighted by Crippen LogP contribution is 2.41. The van der Waals surface area contributed by atoms with Crippen molar-refractivity contribution in [3.63, 3.8) is 0 Å². The van der Waals surface area contributed by atoms with E-state index in [9.17, 15) is 13.2 Å². The zero-order chi connectivity index (χ0) is 21.0. The van der Waals surface area contributed by atoms with Crippen molar-refractivity contribution in [2.75, 3.05) is 13.1 Å². The van der Waals surface area contributed by atoms with Crippen LogP contribution in [0.1, 0.15) is 79.0 Å². The first kappa shape index (κ1) is 21.2. The lowest BCUT2D eigenvalue weighted by Crippen LogP contribution is -2.26. The molecular formula is C25H30F3NO. The lowest BCUT2D eigenvalue weighted by molar-refractivity contribution is -0.138. The van der Waals surface area contributed by atoms with Crippen LogP contribution >= 0.6 is 0 Å². The molecule has 1 aliphatic carbocycles. The van der Waals surface area contributed by atoms with Crippen LogP contribution in [-0.4, -0.2) is 13.1 Å². The number of rotatable bonds is 5. The number of piperidine rings is 1. The molecule has 1 saturated carbocycles. The number of benzene rings is 2. The number of hydrogen-bond donors (Lipinski definition) is 1. The number of hydrogen-bond acceptors (Lipinski definition) is 2. The average molecular weight is 418 g/mol. The minimum absolute atomic E-state index is 0.0212. The van der Waals surface area contributed by atoms with Crippen molar-refractivity contribution in [2.24, 2.45) is 0 Å². The van der Waals surface area contributed by atoms with Crippen LogP contribution in [-0.2, 0) is 12.8 Å². The molecular weight excluding hydrogens is 387 g/mol. The summed E-state index contributed by atoms with van der Waals surface area (Å²) in [4.78, 5) is 0. The van der Waals surface area contributed by atoms with Gasteiger partial charge in [-0.3, -0.25) is 0 Å². The van der Waals surface area contributed by atoms with E-state index in [1.54, 1.807) is 12.1 Å². The average Bonchev–Trinajstić information content (AvgIpc) is 2.78. The standard InChI is InChI=1S/C25H30F3NO/c26-25(27,28)24-16-18(6-11-23(24)21-4-2-1-3-5-21)17-30-22-9-7-19(8-10-22)20-12-14-29-15-13-20/h6-11,16,20-21,29H,1-5,12-15,17H2. The SMILES string of the molecule is FC(F)(F)c1cc(COc2ccc(C3CCNCC3)cc2)ccc1C1CCCCC1. The van der Waals surface area contributed by atoms with Crippen LogP contribution in [0.5, 0.6) is 5.75 Å². The van der Waals surface area contributed by atoms with Crippen LogP contribution in [0.4, 0.5) is 13.2 Å². The topological polar surface area (TPSA) is 21.3 Å². The van der Waals surface area contributed by atoms with Gasteiger partial charge in [-0.2, -0.15) is 13.2 Å². The fraction of sp³-hybridized carbons (Fsp3) is 0.520. The van der Waals surface area contributed by atoms with Crippen molar-refractivity contribution >= 4 is 0 Å². The maximum Gasteiger partial charge on any atom is 0.416 e. The van der Waals surface area contributed by atoms with Gasteiger partial charge in [0.1, 0.15) is 12.4 Å². The van der Waals surface area contributed by atoms with E-state index < -0.39 is 11.7 Å². The number of alkyl halides is 3. The molecule has 2 fully saturated rings. The van der Waals surface area contributed by atoms with Gasteiger partial charge in [-0.25, -0.2) is 0 Å². The van der Waals surface area contributed by atoms with Gasteiger partial charge in [0.2, 0.25) is 0 Å². The van der Waals surface area contributed by atoms with Crippen LogP contribution in [0, 0.1) is 0 Å². The molecule has 1 aliphatic heterocycles. The quantitative estimate of drug-likeness (QED) is 0.578. The molecule has 0 aromatic heterocycles. The van der Waals surface area contributed by atoms with E-state index in [0.29, 0.717) is 22.8 Å². The van der Waals surface area contributed by atoms with E-state index >= 15 is 0 Å². The maximum absolute atomic E-state index is 13.7. The predicted molar refractivity (Wildman–Crippen MR) is 113 cm³/mol. The molecule has 0 radical (unpaired) electrons. The summed E-state index contributed by atoms with van der Waals surface area (Å²) in [7, 11) is 0. The van der Waals surface area contributed by atoms with E-state index in [4.69, 9.17) is 4.74 Å². The Kier molecular flexibility index (Phi) is 6.67. The second kappa shape index (κ2) is 9.42. The first-order valence-electron chi connectivity index (χ1n) is 11.1. The van der Waals surface area contributed by atoms with Crippen molar-refractivity contribution in [1.29, 1.82) is 0 Å². The van der Waals surface area contributed by atoms with Crippen LogP contribution in [0.2, 0.25) is 0 Å². The molecule has 0 atom stereocenters. The van der Waals surface area contributed by atoms with Gasteiger partial charge in [0.15, 0.2) is 0 Å². The van der Waals surface area contributed by atoms with E-state index in [2.05, 4.69) is 17.4 Å². The fourth-order valence-electron chi connectivity index (χ4n) is 4.87. The van der Waals surface area contributed by atoms with Crippen LogP contribution in [0.25, 0.3) is 0 Å². The maximum atomic E-state index is 13.7. The Morgan fingerprint density at radius 1 is 0.833 bits per heavy atom. The highest BCUT2D eigenvalue weighted by atomic mass is 19.4. The van der Waals surface area contributed by atoms with Crippen LogP contribution in [0.15, 0.2) is 42.5 Å². The molecule has 2 aliphatic rings. The Bertz CT molecular complexity index is 819. The summed E-state index contributed by atoms with van der Waals surface area (Å²) in [6.07, 6.45) is 2.78. The van der Waals surface area contributed by atoms with E-state index in [1.807, 2.05) is 12.1 Å². The zero-order valence-electron chi connectivity index (χ0n) is 17.3. The minimum atomic E-state index is -4.33. The highest BCUT2D eigenvalue weighted by molar-refractivity contribution is 5.37. The largest absolute Gasteiger partial charge is 0.489 e. The molecule has 162 valence electrons. The summed E-state index contributed by atoms with van der Waals surface area (Å²) in [6, 6.07) is 12.8. The summed E-state index contributed by atoms with van der Waals surface area (Å²) in [5.41, 5.74) is 1.83. The Morgan fingerprint density at radius 3 is 2.20 bits per heavy atom. The van der Waals surface area contributed by atoms with Gasteiger partial charge in [-0.1, -0.05) is 43.5 Å². The van der Waals surface area contributed by atoms with Crippen LogP contribution < -0.4 is 10.1 Å². The van der Waals surface area contributed by atoms with Crippen molar-refractivity contribution in [3.8, 4) is 5.75 Å². The second-order valence-electron chi connectivity index (χ2n) is 8.64. The minimum Gasteiger partial charge on any atom is -0.489 e. The van der Waals surface area contributed by atoms with Gasteiger partial charge < -0.3 is 10.1 Å². The van der Waals surface area contributed by atoms with E-state index in [1.165, 1.54) is 11.6 Å². The zero-order valence-corrected chi connectivity index (χ0v) is 17.3. The third-order valence-electron chi connectivity index (χ3n) is 6.56. The Morgan fingerprint density at radius 2 is 1.53 bits per heavy atom. The van der Waals surface area contributed by atoms with Gasteiger partial charge in [-0.05, 0) is 85.5 Å². The Hall–Kier alpha value is -2.01.